The Kier molecular flexibility index (Phi) is 6.63. The molecular weight excluding hydrogens is 366 g/mol. The van der Waals surface area contributed by atoms with Crippen LogP contribution in [-0.4, -0.2) is 33.4 Å². The largest absolute Gasteiger partial charge is 0.378 e. The molecular formula is C27H33N3+2. The van der Waals surface area contributed by atoms with Gasteiger partial charge >= 0.3 is 0 Å². The van der Waals surface area contributed by atoms with Gasteiger partial charge in [0.1, 0.15) is 26.2 Å². The molecule has 30 heavy (non-hydrogen) atoms. The van der Waals surface area contributed by atoms with Gasteiger partial charge in [-0.25, -0.2) is 0 Å². The van der Waals surface area contributed by atoms with Crippen LogP contribution in [0.5, 0.6) is 0 Å². The minimum Gasteiger partial charge on any atom is -0.378 e. The molecule has 1 saturated heterocycles. The van der Waals surface area contributed by atoms with Crippen molar-refractivity contribution in [1.29, 1.82) is 0 Å². The maximum absolute atomic E-state index is 2.44. The number of benzene rings is 3. The van der Waals surface area contributed by atoms with Gasteiger partial charge in [0.05, 0.1) is 0 Å². The lowest BCUT2D eigenvalue weighted by molar-refractivity contribution is -1.07. The van der Waals surface area contributed by atoms with E-state index in [-0.39, 0.29) is 0 Å². The van der Waals surface area contributed by atoms with Gasteiger partial charge in [0.15, 0.2) is 0 Å². The third-order valence-electron chi connectivity index (χ3n) is 6.09. The summed E-state index contributed by atoms with van der Waals surface area (Å²) in [6.45, 7) is 4.55. The zero-order chi connectivity index (χ0) is 20.8. The van der Waals surface area contributed by atoms with Crippen LogP contribution in [0.4, 0.5) is 5.69 Å². The van der Waals surface area contributed by atoms with Gasteiger partial charge in [0, 0.05) is 37.0 Å². The Balaban J connectivity index is 1.53. The van der Waals surface area contributed by atoms with E-state index in [0.29, 0.717) is 6.17 Å². The maximum atomic E-state index is 2.44. The topological polar surface area (TPSA) is 12.1 Å². The van der Waals surface area contributed by atoms with Crippen molar-refractivity contribution >= 4 is 11.8 Å². The molecule has 0 aromatic heterocycles. The van der Waals surface area contributed by atoms with E-state index >= 15 is 0 Å². The highest BCUT2D eigenvalue weighted by molar-refractivity contribution is 5.55. The van der Waals surface area contributed by atoms with Crippen molar-refractivity contribution in [2.24, 2.45) is 0 Å². The molecule has 4 rings (SSSR count). The van der Waals surface area contributed by atoms with Crippen LogP contribution in [0.25, 0.3) is 6.08 Å². The molecule has 0 aliphatic carbocycles. The van der Waals surface area contributed by atoms with Crippen molar-refractivity contribution in [3.63, 3.8) is 0 Å². The molecule has 0 amide bonds. The van der Waals surface area contributed by atoms with Gasteiger partial charge in [-0.15, -0.1) is 0 Å². The predicted octanol–water partition coefficient (Wildman–Crippen LogP) is 2.28. The number of anilines is 1. The van der Waals surface area contributed by atoms with Gasteiger partial charge in [0.25, 0.3) is 0 Å². The monoisotopic (exact) mass is 399 g/mol. The standard InChI is InChI=1S/C27H31N3/c1-28(2)26-16-13-23(14-17-26)15-18-27-29(21-24-9-5-3-6-10-24)19-20-30(27)22-25-11-7-4-8-12-25/h3-18,27H,19-22H2,1-2H3/p+2/b18-15+. The van der Waals surface area contributed by atoms with E-state index in [2.05, 4.69) is 116 Å². The maximum Gasteiger partial charge on any atom is 0.234 e. The molecule has 3 aromatic rings. The van der Waals surface area contributed by atoms with E-state index in [1.54, 1.807) is 9.80 Å². The summed E-state index contributed by atoms with van der Waals surface area (Å²) < 4.78 is 0. The Hall–Kier alpha value is -2.88. The molecule has 1 heterocycles. The fraction of sp³-hybridized carbons (Fsp3) is 0.259. The van der Waals surface area contributed by atoms with Crippen LogP contribution in [-0.2, 0) is 13.1 Å². The Morgan fingerprint density at radius 2 is 1.23 bits per heavy atom. The number of rotatable bonds is 7. The van der Waals surface area contributed by atoms with Crippen LogP contribution < -0.4 is 14.7 Å². The lowest BCUT2D eigenvalue weighted by atomic mass is 10.1. The van der Waals surface area contributed by atoms with Crippen LogP contribution >= 0.6 is 0 Å². The van der Waals surface area contributed by atoms with E-state index in [9.17, 15) is 0 Å². The fourth-order valence-electron chi connectivity index (χ4n) is 4.40. The first-order valence-electron chi connectivity index (χ1n) is 10.9. The van der Waals surface area contributed by atoms with Gasteiger partial charge in [-0.05, 0) is 23.8 Å². The summed E-state index contributed by atoms with van der Waals surface area (Å²) in [5, 5.41) is 0. The molecule has 2 unspecified atom stereocenters. The van der Waals surface area contributed by atoms with Crippen molar-refractivity contribution in [1.82, 2.24) is 0 Å². The van der Waals surface area contributed by atoms with Crippen molar-refractivity contribution in [2.75, 3.05) is 32.1 Å². The van der Waals surface area contributed by atoms with Crippen LogP contribution in [0.2, 0.25) is 0 Å². The Morgan fingerprint density at radius 3 is 1.70 bits per heavy atom. The quantitative estimate of drug-likeness (QED) is 0.621. The Morgan fingerprint density at radius 1 is 0.733 bits per heavy atom. The molecule has 1 aliphatic heterocycles. The van der Waals surface area contributed by atoms with Crippen molar-refractivity contribution in [3.05, 3.63) is 108 Å². The molecule has 0 spiro atoms. The third-order valence-corrected chi connectivity index (χ3v) is 6.09. The molecule has 0 saturated carbocycles. The number of nitrogens with zero attached hydrogens (tertiary/aromatic N) is 1. The second-order valence-corrected chi connectivity index (χ2v) is 8.46. The van der Waals surface area contributed by atoms with Crippen molar-refractivity contribution < 1.29 is 9.80 Å². The summed E-state index contributed by atoms with van der Waals surface area (Å²) in [5.41, 5.74) is 5.34. The first-order valence-corrected chi connectivity index (χ1v) is 10.9. The molecule has 0 bridgehead atoms. The molecule has 3 aromatic carbocycles. The molecule has 3 nitrogen and oxygen atoms in total. The lowest BCUT2D eigenvalue weighted by Crippen LogP contribution is -3.27. The molecule has 3 heteroatoms. The van der Waals surface area contributed by atoms with Crippen molar-refractivity contribution in [3.8, 4) is 0 Å². The first kappa shape index (κ1) is 20.4. The van der Waals surface area contributed by atoms with E-state index in [1.807, 2.05) is 0 Å². The normalized spacial score (nSPS) is 21.2. The van der Waals surface area contributed by atoms with Gasteiger partial charge in [-0.2, -0.15) is 0 Å². The first-order chi connectivity index (χ1) is 14.7. The highest BCUT2D eigenvalue weighted by atomic mass is 15.4. The summed E-state index contributed by atoms with van der Waals surface area (Å²) >= 11 is 0. The summed E-state index contributed by atoms with van der Waals surface area (Å²) in [6, 6.07) is 30.6. The summed E-state index contributed by atoms with van der Waals surface area (Å²) in [6.07, 6.45) is 5.21. The highest BCUT2D eigenvalue weighted by Gasteiger charge is 2.37. The number of hydrogen-bond acceptors (Lipinski definition) is 1. The smallest absolute Gasteiger partial charge is 0.234 e. The minimum atomic E-state index is 0.457. The van der Waals surface area contributed by atoms with Gasteiger partial charge in [-0.3, -0.25) is 9.80 Å². The Bertz CT molecular complexity index is 883. The molecule has 0 radical (unpaired) electrons. The summed E-state index contributed by atoms with van der Waals surface area (Å²) in [7, 11) is 4.16. The van der Waals surface area contributed by atoms with E-state index in [1.165, 1.54) is 35.5 Å². The van der Waals surface area contributed by atoms with Gasteiger partial charge in [0.2, 0.25) is 6.17 Å². The molecule has 1 aliphatic rings. The zero-order valence-electron chi connectivity index (χ0n) is 18.1. The minimum absolute atomic E-state index is 0.457. The van der Waals surface area contributed by atoms with E-state index < -0.39 is 0 Å². The second kappa shape index (κ2) is 9.75. The van der Waals surface area contributed by atoms with Crippen LogP contribution in [0.15, 0.2) is 91.0 Å². The van der Waals surface area contributed by atoms with E-state index in [0.717, 1.165) is 13.1 Å². The van der Waals surface area contributed by atoms with Crippen LogP contribution in [0.3, 0.4) is 0 Å². The predicted molar refractivity (Wildman–Crippen MR) is 126 cm³/mol. The van der Waals surface area contributed by atoms with Crippen LogP contribution in [0.1, 0.15) is 16.7 Å². The number of nitrogens with one attached hydrogen (secondary N) is 2. The Labute approximate surface area is 180 Å². The summed E-state index contributed by atoms with van der Waals surface area (Å²) in [5.74, 6) is 0. The van der Waals surface area contributed by atoms with Gasteiger partial charge in [-0.1, -0.05) is 72.8 Å². The zero-order valence-corrected chi connectivity index (χ0v) is 18.1. The van der Waals surface area contributed by atoms with Crippen molar-refractivity contribution in [2.45, 2.75) is 19.3 Å². The third kappa shape index (κ3) is 5.18. The van der Waals surface area contributed by atoms with Crippen LogP contribution in [0, 0.1) is 0 Å². The average Bonchev–Trinajstić information content (AvgIpc) is 3.15. The average molecular weight is 400 g/mol. The SMILES string of the molecule is CN(C)c1ccc(/C=C/C2[NH+](Cc3ccccc3)CC[NH+]2Cc2ccccc2)cc1. The molecule has 1 fully saturated rings. The number of quaternary nitrogens is 2. The van der Waals surface area contributed by atoms with Gasteiger partial charge < -0.3 is 4.90 Å². The second-order valence-electron chi connectivity index (χ2n) is 8.46. The number of hydrogen-bond donors (Lipinski definition) is 2. The fourth-order valence-corrected chi connectivity index (χ4v) is 4.40. The van der Waals surface area contributed by atoms with E-state index in [4.69, 9.17) is 0 Å². The molecule has 2 atom stereocenters. The lowest BCUT2D eigenvalue weighted by Gasteiger charge is -2.22. The summed E-state index contributed by atoms with van der Waals surface area (Å²) in [4.78, 5) is 5.43. The molecule has 154 valence electrons. The molecule has 2 N–H and O–H groups in total. The highest BCUT2D eigenvalue weighted by Crippen LogP contribution is 2.13.